The highest BCUT2D eigenvalue weighted by molar-refractivity contribution is 7.47. The van der Waals surface area contributed by atoms with E-state index in [2.05, 4.69) is 43.5 Å². The van der Waals surface area contributed by atoms with Gasteiger partial charge in [0.15, 0.2) is 0 Å². The summed E-state index contributed by atoms with van der Waals surface area (Å²) in [5.74, 6) is -0.188. The fraction of sp³-hybridized carbons (Fsp3) is 0.865. The van der Waals surface area contributed by atoms with Crippen molar-refractivity contribution in [3.05, 3.63) is 36.5 Å². The Morgan fingerprint density at radius 1 is 0.541 bits per heavy atom. The van der Waals surface area contributed by atoms with Crippen LogP contribution < -0.4 is 5.32 Å². The van der Waals surface area contributed by atoms with E-state index in [1.807, 2.05) is 27.2 Å². The van der Waals surface area contributed by atoms with Crippen LogP contribution in [0.25, 0.3) is 0 Å². The van der Waals surface area contributed by atoms with Gasteiger partial charge in [-0.2, -0.15) is 0 Å². The second-order valence-electron chi connectivity index (χ2n) is 18.9. The third-order valence-electron chi connectivity index (χ3n) is 11.6. The summed E-state index contributed by atoms with van der Waals surface area (Å²) in [5, 5.41) is 13.8. The van der Waals surface area contributed by atoms with Crippen LogP contribution in [0, 0.1) is 0 Å². The van der Waals surface area contributed by atoms with Crippen LogP contribution in [0.2, 0.25) is 0 Å². The van der Waals surface area contributed by atoms with Crippen LogP contribution in [-0.4, -0.2) is 73.4 Å². The van der Waals surface area contributed by atoms with Crippen LogP contribution >= 0.6 is 7.82 Å². The van der Waals surface area contributed by atoms with Crippen molar-refractivity contribution in [2.45, 2.75) is 251 Å². The quantitative estimate of drug-likeness (QED) is 0.0243. The molecule has 0 rings (SSSR count). The lowest BCUT2D eigenvalue weighted by molar-refractivity contribution is -0.870. The number of hydrogen-bond donors (Lipinski definition) is 3. The molecular formula is C52H102N2O6P+. The molecule has 61 heavy (non-hydrogen) atoms. The summed E-state index contributed by atoms with van der Waals surface area (Å²) in [6.07, 6.45) is 55.3. The smallest absolute Gasteiger partial charge is 0.387 e. The molecule has 0 aliphatic rings. The standard InChI is InChI=1S/C52H101N2O6P/c1-6-8-10-12-14-16-18-20-21-22-23-24-25-26-27-28-29-30-31-32-34-36-38-40-42-44-46-52(56)53-50(49-60-61(57,58)59-48-47-54(3,4)5)51(55)45-43-41-39-37-35-33-19-17-15-13-11-9-7-2/h15,17,35,37,43,45,50-51,55H,6-14,16,18-34,36,38-42,44,46-49H2,1-5H3,(H-,53,56,57,58)/p+1/b17-15+,37-35+,45-43+. The average Bonchev–Trinajstić information content (AvgIpc) is 3.21. The number of carbonyl (C=O) groups excluding carboxylic acids is 1. The maximum Gasteiger partial charge on any atom is 0.472 e. The minimum Gasteiger partial charge on any atom is -0.387 e. The number of amides is 1. The van der Waals surface area contributed by atoms with Crippen molar-refractivity contribution in [1.82, 2.24) is 5.32 Å². The number of carbonyl (C=O) groups is 1. The molecule has 8 nitrogen and oxygen atoms in total. The van der Waals surface area contributed by atoms with E-state index in [0.717, 1.165) is 51.4 Å². The molecule has 0 aromatic heterocycles. The number of hydrogen-bond acceptors (Lipinski definition) is 5. The number of phosphoric acid groups is 1. The predicted molar refractivity (Wildman–Crippen MR) is 263 cm³/mol. The Balaban J connectivity index is 4.17. The third kappa shape index (κ3) is 46.5. The van der Waals surface area contributed by atoms with Crippen molar-refractivity contribution >= 4 is 13.7 Å². The Morgan fingerprint density at radius 2 is 0.902 bits per heavy atom. The first-order valence-corrected chi connectivity index (χ1v) is 27.4. The summed E-state index contributed by atoms with van der Waals surface area (Å²) in [6, 6.07) is -0.866. The van der Waals surface area contributed by atoms with E-state index >= 15 is 0 Å². The number of aliphatic hydroxyl groups is 1. The van der Waals surface area contributed by atoms with Crippen LogP contribution in [-0.2, 0) is 18.4 Å². The molecule has 0 radical (unpaired) electrons. The van der Waals surface area contributed by atoms with Crippen molar-refractivity contribution in [2.24, 2.45) is 0 Å². The zero-order chi connectivity index (χ0) is 45.0. The molecule has 0 fully saturated rings. The van der Waals surface area contributed by atoms with E-state index in [0.29, 0.717) is 17.4 Å². The highest BCUT2D eigenvalue weighted by atomic mass is 31.2. The Kier molecular flexibility index (Phi) is 43.0. The Bertz CT molecular complexity index is 1090. The van der Waals surface area contributed by atoms with Crippen molar-refractivity contribution in [3.8, 4) is 0 Å². The minimum atomic E-state index is -4.35. The summed E-state index contributed by atoms with van der Waals surface area (Å²) in [7, 11) is 1.55. The van der Waals surface area contributed by atoms with Gasteiger partial charge in [-0.05, 0) is 44.9 Å². The molecule has 3 unspecified atom stereocenters. The molecule has 9 heteroatoms. The fourth-order valence-electron chi connectivity index (χ4n) is 7.49. The average molecular weight is 882 g/mol. The molecule has 0 heterocycles. The number of allylic oxidation sites excluding steroid dienone is 5. The van der Waals surface area contributed by atoms with Crippen LogP contribution in [0.4, 0.5) is 0 Å². The van der Waals surface area contributed by atoms with Crippen LogP contribution in [0.3, 0.4) is 0 Å². The van der Waals surface area contributed by atoms with Gasteiger partial charge in [-0.25, -0.2) is 4.57 Å². The number of nitrogens with zero attached hydrogens (tertiary/aromatic N) is 1. The molecule has 0 aliphatic carbocycles. The third-order valence-corrected chi connectivity index (χ3v) is 12.6. The molecule has 3 atom stereocenters. The second kappa shape index (κ2) is 43.9. The van der Waals surface area contributed by atoms with E-state index in [1.165, 1.54) is 167 Å². The van der Waals surface area contributed by atoms with Crippen LogP contribution in [0.5, 0.6) is 0 Å². The molecule has 0 bridgehead atoms. The largest absolute Gasteiger partial charge is 0.472 e. The Hall–Kier alpha value is -1.28. The minimum absolute atomic E-state index is 0.0547. The lowest BCUT2D eigenvalue weighted by Crippen LogP contribution is -2.45. The number of quaternary nitrogens is 1. The van der Waals surface area contributed by atoms with Gasteiger partial charge in [-0.3, -0.25) is 13.8 Å². The van der Waals surface area contributed by atoms with Gasteiger partial charge in [0.25, 0.3) is 0 Å². The van der Waals surface area contributed by atoms with E-state index < -0.39 is 20.0 Å². The van der Waals surface area contributed by atoms with Crippen molar-refractivity contribution < 1.29 is 32.9 Å². The van der Waals surface area contributed by atoms with Gasteiger partial charge in [0.2, 0.25) is 5.91 Å². The van der Waals surface area contributed by atoms with E-state index in [1.54, 1.807) is 6.08 Å². The molecule has 0 aromatic rings. The van der Waals surface area contributed by atoms with Gasteiger partial charge in [0, 0.05) is 6.42 Å². The maximum atomic E-state index is 12.9. The monoisotopic (exact) mass is 882 g/mol. The van der Waals surface area contributed by atoms with Gasteiger partial charge >= 0.3 is 7.82 Å². The molecule has 3 N–H and O–H groups in total. The summed E-state index contributed by atoms with van der Waals surface area (Å²) in [4.78, 5) is 23.2. The number of phosphoric ester groups is 1. The van der Waals surface area contributed by atoms with E-state index in [4.69, 9.17) is 9.05 Å². The molecular weight excluding hydrogens is 780 g/mol. The number of unbranched alkanes of at least 4 members (excludes halogenated alkanes) is 30. The highest BCUT2D eigenvalue weighted by Gasteiger charge is 2.27. The topological polar surface area (TPSA) is 105 Å². The Morgan fingerprint density at radius 3 is 1.31 bits per heavy atom. The van der Waals surface area contributed by atoms with Crippen LogP contribution in [0.1, 0.15) is 239 Å². The molecule has 0 aliphatic heterocycles. The first-order valence-electron chi connectivity index (χ1n) is 25.9. The first-order chi connectivity index (χ1) is 29.5. The summed E-state index contributed by atoms with van der Waals surface area (Å²) in [6.45, 7) is 4.77. The van der Waals surface area contributed by atoms with Gasteiger partial charge in [0.05, 0.1) is 39.9 Å². The summed E-state index contributed by atoms with van der Waals surface area (Å²) >= 11 is 0. The van der Waals surface area contributed by atoms with Gasteiger partial charge < -0.3 is 19.8 Å². The maximum absolute atomic E-state index is 12.9. The molecule has 0 saturated heterocycles. The van der Waals surface area contributed by atoms with Gasteiger partial charge in [-0.1, -0.05) is 224 Å². The molecule has 0 saturated carbocycles. The summed E-state index contributed by atoms with van der Waals surface area (Å²) in [5.41, 5.74) is 0. The lowest BCUT2D eigenvalue weighted by atomic mass is 10.0. The van der Waals surface area contributed by atoms with Crippen molar-refractivity contribution in [2.75, 3.05) is 40.9 Å². The molecule has 360 valence electrons. The van der Waals surface area contributed by atoms with Crippen LogP contribution in [0.15, 0.2) is 36.5 Å². The van der Waals surface area contributed by atoms with Gasteiger partial charge in [-0.15, -0.1) is 0 Å². The number of likely N-dealkylation sites (N-methyl/N-ethyl adjacent to an activating group) is 1. The Labute approximate surface area is 378 Å². The van der Waals surface area contributed by atoms with Gasteiger partial charge in [0.1, 0.15) is 13.2 Å². The highest BCUT2D eigenvalue weighted by Crippen LogP contribution is 2.43. The number of nitrogens with one attached hydrogen (secondary N) is 1. The molecule has 0 aromatic carbocycles. The normalized spacial score (nSPS) is 14.4. The molecule has 0 spiro atoms. The molecule has 1 amide bonds. The SMILES string of the molecule is CCCCC/C=C/CC/C=C/CC/C=C/C(O)C(COP(=O)(O)OCC[N+](C)(C)C)NC(=O)CCCCCCCCCCCCCCCCCCCCCCCCCCCC. The van der Waals surface area contributed by atoms with Crippen molar-refractivity contribution in [3.63, 3.8) is 0 Å². The number of aliphatic hydroxyl groups excluding tert-OH is 1. The predicted octanol–water partition coefficient (Wildman–Crippen LogP) is 15.0. The van der Waals surface area contributed by atoms with Crippen molar-refractivity contribution in [1.29, 1.82) is 0 Å². The van der Waals surface area contributed by atoms with E-state index in [9.17, 15) is 19.4 Å². The number of rotatable bonds is 47. The zero-order valence-corrected chi connectivity index (χ0v) is 41.8. The second-order valence-corrected chi connectivity index (χ2v) is 20.3. The first kappa shape index (κ1) is 59.7. The van der Waals surface area contributed by atoms with E-state index in [-0.39, 0.29) is 19.1 Å². The lowest BCUT2D eigenvalue weighted by Gasteiger charge is -2.25. The summed E-state index contributed by atoms with van der Waals surface area (Å²) < 4.78 is 23.6. The fourth-order valence-corrected chi connectivity index (χ4v) is 8.22. The zero-order valence-electron chi connectivity index (χ0n) is 40.9.